The molecule has 1 amide bonds. The largest absolute Gasteiger partial charge is 0.480 e. The highest BCUT2D eigenvalue weighted by Gasteiger charge is 2.29. The molecule has 2 unspecified atom stereocenters. The van der Waals surface area contributed by atoms with Crippen LogP contribution < -0.4 is 0 Å². The number of carboxylic acid groups (broad SMARTS) is 1. The Hall–Kier alpha value is -1.10. The summed E-state index contributed by atoms with van der Waals surface area (Å²) in [5, 5.41) is 8.79. The zero-order valence-electron chi connectivity index (χ0n) is 10.5. The van der Waals surface area contributed by atoms with E-state index in [0.29, 0.717) is 26.0 Å². The minimum Gasteiger partial charge on any atom is -0.480 e. The molecule has 5 nitrogen and oxygen atoms in total. The van der Waals surface area contributed by atoms with Gasteiger partial charge in [-0.2, -0.15) is 0 Å². The molecule has 17 heavy (non-hydrogen) atoms. The molecule has 1 aliphatic rings. The number of ether oxygens (including phenoxy) is 1. The molecule has 1 aliphatic heterocycles. The molecular formula is C12H21NO4. The van der Waals surface area contributed by atoms with Gasteiger partial charge in [-0.05, 0) is 26.2 Å². The van der Waals surface area contributed by atoms with Crippen LogP contribution in [-0.4, -0.2) is 47.7 Å². The van der Waals surface area contributed by atoms with Crippen LogP contribution in [0.1, 0.15) is 33.1 Å². The second-order valence-corrected chi connectivity index (χ2v) is 4.56. The van der Waals surface area contributed by atoms with Gasteiger partial charge in [0, 0.05) is 19.1 Å². The molecule has 1 saturated heterocycles. The average molecular weight is 243 g/mol. The summed E-state index contributed by atoms with van der Waals surface area (Å²) in [6, 6.07) is 0. The summed E-state index contributed by atoms with van der Waals surface area (Å²) in [5.41, 5.74) is 0. The number of aliphatic carboxylic acids is 1. The monoisotopic (exact) mass is 243 g/mol. The molecule has 1 heterocycles. The van der Waals surface area contributed by atoms with E-state index in [2.05, 4.69) is 0 Å². The summed E-state index contributed by atoms with van der Waals surface area (Å²) in [6.07, 6.45) is 2.26. The lowest BCUT2D eigenvalue weighted by molar-refractivity contribution is -0.148. The first-order valence-corrected chi connectivity index (χ1v) is 6.16. The van der Waals surface area contributed by atoms with Crippen molar-refractivity contribution in [3.8, 4) is 0 Å². The Bertz CT molecular complexity index is 280. The van der Waals surface area contributed by atoms with Gasteiger partial charge in [0.15, 0.2) is 0 Å². The molecule has 0 radical (unpaired) electrons. The van der Waals surface area contributed by atoms with Gasteiger partial charge in [-0.25, -0.2) is 0 Å². The van der Waals surface area contributed by atoms with E-state index in [1.54, 1.807) is 0 Å². The zero-order valence-corrected chi connectivity index (χ0v) is 10.5. The molecule has 5 heteroatoms. The second-order valence-electron chi connectivity index (χ2n) is 4.56. The van der Waals surface area contributed by atoms with E-state index in [0.717, 1.165) is 6.42 Å². The van der Waals surface area contributed by atoms with Crippen LogP contribution in [0.2, 0.25) is 0 Å². The Morgan fingerprint density at radius 3 is 2.71 bits per heavy atom. The van der Waals surface area contributed by atoms with Crippen LogP contribution in [0.15, 0.2) is 0 Å². The van der Waals surface area contributed by atoms with Crippen LogP contribution in [0.4, 0.5) is 0 Å². The lowest BCUT2D eigenvalue weighted by atomic mass is 9.94. The first kappa shape index (κ1) is 14.0. The van der Waals surface area contributed by atoms with Gasteiger partial charge in [0.05, 0.1) is 6.10 Å². The Morgan fingerprint density at radius 1 is 1.47 bits per heavy atom. The van der Waals surface area contributed by atoms with Crippen molar-refractivity contribution in [1.82, 2.24) is 4.90 Å². The maximum Gasteiger partial charge on any atom is 0.323 e. The van der Waals surface area contributed by atoms with E-state index >= 15 is 0 Å². The Morgan fingerprint density at radius 2 is 2.18 bits per heavy atom. The first-order valence-electron chi connectivity index (χ1n) is 6.16. The number of hydrogen-bond donors (Lipinski definition) is 1. The van der Waals surface area contributed by atoms with Crippen LogP contribution >= 0.6 is 0 Å². The Balaban J connectivity index is 2.59. The van der Waals surface area contributed by atoms with E-state index < -0.39 is 5.97 Å². The number of nitrogens with zero attached hydrogens (tertiary/aromatic N) is 1. The molecule has 1 fully saturated rings. The molecular weight excluding hydrogens is 222 g/mol. The fraction of sp³-hybridized carbons (Fsp3) is 0.833. The van der Waals surface area contributed by atoms with Crippen LogP contribution in [-0.2, 0) is 14.3 Å². The third-order valence-corrected chi connectivity index (χ3v) is 2.97. The highest BCUT2D eigenvalue weighted by molar-refractivity contribution is 5.83. The Kier molecular flexibility index (Phi) is 5.41. The summed E-state index contributed by atoms with van der Waals surface area (Å²) in [4.78, 5) is 24.3. The minimum absolute atomic E-state index is 0.0376. The van der Waals surface area contributed by atoms with Gasteiger partial charge >= 0.3 is 5.97 Å². The fourth-order valence-electron chi connectivity index (χ4n) is 2.18. The predicted octanol–water partition coefficient (Wildman–Crippen LogP) is 1.12. The number of hydrogen-bond acceptors (Lipinski definition) is 3. The molecule has 0 aliphatic carbocycles. The summed E-state index contributed by atoms with van der Waals surface area (Å²) in [6.45, 7) is 4.79. The number of rotatable bonds is 5. The van der Waals surface area contributed by atoms with Gasteiger partial charge in [0.2, 0.25) is 5.91 Å². The number of carbonyl (C=O) groups excluding carboxylic acids is 1. The first-order chi connectivity index (χ1) is 8.04. The number of amides is 1. The van der Waals surface area contributed by atoms with E-state index in [1.165, 1.54) is 4.90 Å². The molecule has 0 aromatic carbocycles. The lowest BCUT2D eigenvalue weighted by Gasteiger charge is -2.30. The molecule has 98 valence electrons. The third kappa shape index (κ3) is 4.34. The van der Waals surface area contributed by atoms with E-state index in [-0.39, 0.29) is 24.5 Å². The van der Waals surface area contributed by atoms with Crippen molar-refractivity contribution >= 4 is 11.9 Å². The fourth-order valence-corrected chi connectivity index (χ4v) is 2.18. The molecule has 0 aromatic heterocycles. The number of carboxylic acids is 1. The minimum atomic E-state index is -0.952. The summed E-state index contributed by atoms with van der Waals surface area (Å²) in [5.74, 6) is -1.07. The van der Waals surface area contributed by atoms with Gasteiger partial charge in [-0.15, -0.1) is 0 Å². The van der Waals surface area contributed by atoms with E-state index in [9.17, 15) is 9.59 Å². The van der Waals surface area contributed by atoms with Gasteiger partial charge in [-0.1, -0.05) is 6.92 Å². The molecule has 1 N–H and O–H groups in total. The molecule has 0 spiro atoms. The second kappa shape index (κ2) is 6.59. The van der Waals surface area contributed by atoms with E-state index in [4.69, 9.17) is 9.84 Å². The van der Waals surface area contributed by atoms with Gasteiger partial charge in [0.1, 0.15) is 6.54 Å². The highest BCUT2D eigenvalue weighted by atomic mass is 16.5. The van der Waals surface area contributed by atoms with Crippen molar-refractivity contribution < 1.29 is 19.4 Å². The van der Waals surface area contributed by atoms with Crippen molar-refractivity contribution in [2.45, 2.75) is 39.2 Å². The van der Waals surface area contributed by atoms with Crippen LogP contribution in [0.25, 0.3) is 0 Å². The van der Waals surface area contributed by atoms with Crippen molar-refractivity contribution in [2.75, 3.05) is 19.7 Å². The quantitative estimate of drug-likeness (QED) is 0.786. The SMILES string of the molecule is CCCN(CC(=O)O)C(=O)C1CCOC(C)C1. The standard InChI is InChI=1S/C12H21NO4/c1-3-5-13(8-11(14)15)12(16)10-4-6-17-9(2)7-10/h9-10H,3-8H2,1-2H3,(H,14,15). The van der Waals surface area contributed by atoms with E-state index in [1.807, 2.05) is 13.8 Å². The molecule has 0 saturated carbocycles. The zero-order chi connectivity index (χ0) is 12.8. The van der Waals surface area contributed by atoms with Gasteiger partial charge in [-0.3, -0.25) is 9.59 Å². The summed E-state index contributed by atoms with van der Waals surface area (Å²) in [7, 11) is 0. The van der Waals surface area contributed by atoms with Crippen molar-refractivity contribution in [1.29, 1.82) is 0 Å². The molecule has 2 atom stereocenters. The summed E-state index contributed by atoms with van der Waals surface area (Å²) < 4.78 is 5.39. The van der Waals surface area contributed by atoms with Crippen LogP contribution in [0.5, 0.6) is 0 Å². The lowest BCUT2D eigenvalue weighted by Crippen LogP contribution is -2.42. The van der Waals surface area contributed by atoms with Crippen molar-refractivity contribution in [3.63, 3.8) is 0 Å². The van der Waals surface area contributed by atoms with Crippen LogP contribution in [0.3, 0.4) is 0 Å². The predicted molar refractivity (Wildman–Crippen MR) is 62.6 cm³/mol. The smallest absolute Gasteiger partial charge is 0.323 e. The van der Waals surface area contributed by atoms with Crippen molar-refractivity contribution in [3.05, 3.63) is 0 Å². The average Bonchev–Trinajstić information content (AvgIpc) is 2.27. The topological polar surface area (TPSA) is 66.8 Å². The molecule has 1 rings (SSSR count). The maximum absolute atomic E-state index is 12.2. The molecule has 0 aromatic rings. The summed E-state index contributed by atoms with van der Waals surface area (Å²) >= 11 is 0. The molecule has 0 bridgehead atoms. The third-order valence-electron chi connectivity index (χ3n) is 2.97. The normalized spacial score (nSPS) is 24.4. The van der Waals surface area contributed by atoms with Crippen molar-refractivity contribution in [2.24, 2.45) is 5.92 Å². The Labute approximate surface area is 102 Å². The van der Waals surface area contributed by atoms with Crippen LogP contribution in [0, 0.1) is 5.92 Å². The maximum atomic E-state index is 12.2. The van der Waals surface area contributed by atoms with Gasteiger partial charge < -0.3 is 14.7 Å². The number of carbonyl (C=O) groups is 2. The van der Waals surface area contributed by atoms with Gasteiger partial charge in [0.25, 0.3) is 0 Å². The highest BCUT2D eigenvalue weighted by Crippen LogP contribution is 2.22.